The lowest BCUT2D eigenvalue weighted by Gasteiger charge is -2.22. The molecule has 0 aliphatic heterocycles. The molecule has 1 aliphatic carbocycles. The van der Waals surface area contributed by atoms with Gasteiger partial charge in [0.25, 0.3) is 0 Å². The van der Waals surface area contributed by atoms with Gasteiger partial charge < -0.3 is 10.6 Å². The average Bonchev–Trinajstić information content (AvgIpc) is 2.80. The Bertz CT molecular complexity index is 1070. The Morgan fingerprint density at radius 2 is 1.50 bits per heavy atom. The number of alkyl halides is 3. The monoisotopic (exact) mass is 468 g/mol. The number of benzene rings is 2. The second-order valence-corrected chi connectivity index (χ2v) is 9.46. The van der Waals surface area contributed by atoms with Gasteiger partial charge in [0.15, 0.2) is 0 Å². The molecule has 0 bridgehead atoms. The van der Waals surface area contributed by atoms with Crippen molar-refractivity contribution >= 4 is 23.1 Å². The number of anilines is 4. The predicted molar refractivity (Wildman–Crippen MR) is 131 cm³/mol. The van der Waals surface area contributed by atoms with E-state index in [9.17, 15) is 13.2 Å². The van der Waals surface area contributed by atoms with Gasteiger partial charge in [-0.3, -0.25) is 0 Å². The SMILES string of the molecule is CC(C)Cc1ccc(Nc2ncc(C(F)(F)F)c(Nc3ccc(C4CCCCC4)cc3)n2)cc1. The first-order valence-electron chi connectivity index (χ1n) is 11.9. The van der Waals surface area contributed by atoms with Crippen LogP contribution in [0.4, 0.5) is 36.3 Å². The van der Waals surface area contributed by atoms with Gasteiger partial charge in [0.2, 0.25) is 5.95 Å². The molecule has 4 nitrogen and oxygen atoms in total. The maximum Gasteiger partial charge on any atom is 0.421 e. The molecule has 0 atom stereocenters. The molecule has 2 N–H and O–H groups in total. The van der Waals surface area contributed by atoms with Crippen LogP contribution >= 0.6 is 0 Å². The van der Waals surface area contributed by atoms with E-state index >= 15 is 0 Å². The van der Waals surface area contributed by atoms with Gasteiger partial charge in [0.1, 0.15) is 11.4 Å². The van der Waals surface area contributed by atoms with Crippen LogP contribution in [-0.4, -0.2) is 9.97 Å². The minimum absolute atomic E-state index is 0.103. The number of rotatable bonds is 7. The van der Waals surface area contributed by atoms with Gasteiger partial charge in [-0.25, -0.2) is 4.98 Å². The van der Waals surface area contributed by atoms with Crippen molar-refractivity contribution < 1.29 is 13.2 Å². The van der Waals surface area contributed by atoms with Crippen molar-refractivity contribution in [1.29, 1.82) is 0 Å². The normalized spacial score (nSPS) is 14.9. The van der Waals surface area contributed by atoms with E-state index in [4.69, 9.17) is 0 Å². The molecular weight excluding hydrogens is 437 g/mol. The van der Waals surface area contributed by atoms with E-state index in [-0.39, 0.29) is 11.8 Å². The molecule has 3 aromatic rings. The van der Waals surface area contributed by atoms with Gasteiger partial charge in [-0.05, 0) is 66.5 Å². The molecule has 1 aromatic heterocycles. The summed E-state index contributed by atoms with van der Waals surface area (Å²) >= 11 is 0. The number of hydrogen-bond acceptors (Lipinski definition) is 4. The summed E-state index contributed by atoms with van der Waals surface area (Å²) in [5.74, 6) is 0.913. The Balaban J connectivity index is 1.52. The minimum atomic E-state index is -4.57. The third-order valence-corrected chi connectivity index (χ3v) is 6.20. The summed E-state index contributed by atoms with van der Waals surface area (Å²) in [4.78, 5) is 8.07. The molecular formula is C27H31F3N4. The van der Waals surface area contributed by atoms with E-state index in [1.165, 1.54) is 43.2 Å². The second-order valence-electron chi connectivity index (χ2n) is 9.46. The van der Waals surface area contributed by atoms with Gasteiger partial charge >= 0.3 is 6.18 Å². The average molecular weight is 469 g/mol. The smallest absolute Gasteiger partial charge is 0.340 e. The minimum Gasteiger partial charge on any atom is -0.340 e. The van der Waals surface area contributed by atoms with Crippen LogP contribution in [0.25, 0.3) is 0 Å². The Labute approximate surface area is 199 Å². The standard InChI is InChI=1S/C27H31F3N4/c1-18(2)16-19-8-12-23(13-9-19)33-26-31-17-24(27(28,29)30)25(34-26)32-22-14-10-21(11-15-22)20-6-4-3-5-7-20/h8-15,17-18,20H,3-7,16H2,1-2H3,(H2,31,32,33,34). The van der Waals surface area contributed by atoms with Gasteiger partial charge in [-0.1, -0.05) is 57.4 Å². The summed E-state index contributed by atoms with van der Waals surface area (Å²) < 4.78 is 40.9. The van der Waals surface area contributed by atoms with E-state index in [2.05, 4.69) is 34.4 Å². The number of halogens is 3. The summed E-state index contributed by atoms with van der Waals surface area (Å²) in [5, 5.41) is 5.87. The first-order valence-corrected chi connectivity index (χ1v) is 11.9. The fourth-order valence-corrected chi connectivity index (χ4v) is 4.48. The van der Waals surface area contributed by atoms with E-state index in [0.717, 1.165) is 18.3 Å². The van der Waals surface area contributed by atoms with Crippen LogP contribution < -0.4 is 10.6 Å². The van der Waals surface area contributed by atoms with Gasteiger partial charge in [-0.2, -0.15) is 18.2 Å². The Hall–Kier alpha value is -3.09. The topological polar surface area (TPSA) is 49.8 Å². The zero-order valence-electron chi connectivity index (χ0n) is 19.6. The first kappa shape index (κ1) is 24.0. The van der Waals surface area contributed by atoms with Crippen molar-refractivity contribution in [3.8, 4) is 0 Å². The Morgan fingerprint density at radius 3 is 2.12 bits per heavy atom. The van der Waals surface area contributed by atoms with Crippen LogP contribution in [0.3, 0.4) is 0 Å². The maximum atomic E-state index is 13.6. The number of nitrogens with one attached hydrogen (secondary N) is 2. The lowest BCUT2D eigenvalue weighted by atomic mass is 9.84. The largest absolute Gasteiger partial charge is 0.421 e. The molecule has 0 unspecified atom stereocenters. The molecule has 1 saturated carbocycles. The van der Waals surface area contributed by atoms with E-state index in [0.29, 0.717) is 17.5 Å². The summed E-state index contributed by atoms with van der Waals surface area (Å²) in [6, 6.07) is 15.4. The van der Waals surface area contributed by atoms with Gasteiger partial charge in [0.05, 0.1) is 0 Å². The zero-order chi connectivity index (χ0) is 24.1. The highest BCUT2D eigenvalue weighted by Crippen LogP contribution is 2.36. The highest BCUT2D eigenvalue weighted by atomic mass is 19.4. The van der Waals surface area contributed by atoms with Crippen molar-refractivity contribution in [2.24, 2.45) is 5.92 Å². The van der Waals surface area contributed by atoms with Crippen LogP contribution in [0.2, 0.25) is 0 Å². The Kier molecular flexibility index (Phi) is 7.39. The molecule has 2 aromatic carbocycles. The third-order valence-electron chi connectivity index (χ3n) is 6.20. The molecule has 180 valence electrons. The van der Waals surface area contributed by atoms with Crippen molar-refractivity contribution in [3.05, 3.63) is 71.4 Å². The number of nitrogens with zero attached hydrogens (tertiary/aromatic N) is 2. The van der Waals surface area contributed by atoms with Gasteiger partial charge in [-0.15, -0.1) is 0 Å². The van der Waals surface area contributed by atoms with Crippen molar-refractivity contribution in [3.63, 3.8) is 0 Å². The summed E-state index contributed by atoms with van der Waals surface area (Å²) in [6.45, 7) is 4.31. The van der Waals surface area contributed by atoms with E-state index in [1.54, 1.807) is 0 Å². The molecule has 0 saturated heterocycles. The summed E-state index contributed by atoms with van der Waals surface area (Å²) in [6.07, 6.45) is 3.30. The van der Waals surface area contributed by atoms with Crippen LogP contribution in [0.15, 0.2) is 54.7 Å². The third kappa shape index (κ3) is 6.27. The Morgan fingerprint density at radius 1 is 0.882 bits per heavy atom. The number of hydrogen-bond donors (Lipinski definition) is 2. The summed E-state index contributed by atoms with van der Waals surface area (Å²) in [7, 11) is 0. The van der Waals surface area contributed by atoms with Crippen LogP contribution in [0, 0.1) is 5.92 Å². The fraction of sp³-hybridized carbons (Fsp3) is 0.407. The molecule has 1 aliphatic rings. The molecule has 4 rings (SSSR count). The van der Waals surface area contributed by atoms with Crippen LogP contribution in [0.5, 0.6) is 0 Å². The van der Waals surface area contributed by atoms with Crippen molar-refractivity contribution in [1.82, 2.24) is 9.97 Å². The zero-order valence-corrected chi connectivity index (χ0v) is 19.6. The lowest BCUT2D eigenvalue weighted by Crippen LogP contribution is -2.12. The molecule has 1 fully saturated rings. The maximum absolute atomic E-state index is 13.6. The molecule has 7 heteroatoms. The van der Waals surface area contributed by atoms with Crippen LogP contribution in [0.1, 0.15) is 68.6 Å². The first-order chi connectivity index (χ1) is 16.3. The van der Waals surface area contributed by atoms with E-state index in [1.807, 2.05) is 48.5 Å². The number of aromatic nitrogens is 2. The van der Waals surface area contributed by atoms with Gasteiger partial charge in [0, 0.05) is 17.6 Å². The molecule has 0 amide bonds. The van der Waals surface area contributed by atoms with Crippen molar-refractivity contribution in [2.45, 2.75) is 64.5 Å². The van der Waals surface area contributed by atoms with E-state index < -0.39 is 11.7 Å². The predicted octanol–water partition coefficient (Wildman–Crippen LogP) is 8.23. The lowest BCUT2D eigenvalue weighted by molar-refractivity contribution is -0.137. The molecule has 0 radical (unpaired) electrons. The fourth-order valence-electron chi connectivity index (χ4n) is 4.48. The highest BCUT2D eigenvalue weighted by Gasteiger charge is 2.35. The summed E-state index contributed by atoms with van der Waals surface area (Å²) in [5.41, 5.74) is 2.82. The van der Waals surface area contributed by atoms with Crippen molar-refractivity contribution in [2.75, 3.05) is 10.6 Å². The molecule has 1 heterocycles. The van der Waals surface area contributed by atoms with Crippen LogP contribution in [-0.2, 0) is 12.6 Å². The molecule has 0 spiro atoms. The highest BCUT2D eigenvalue weighted by molar-refractivity contribution is 5.63. The quantitative estimate of drug-likeness (QED) is 0.367. The molecule has 34 heavy (non-hydrogen) atoms. The second kappa shape index (κ2) is 10.5.